The number of aromatic carboxylic acids is 1. The number of aromatic nitrogens is 2. The minimum atomic E-state index is -1.08. The maximum absolute atomic E-state index is 11.5. The van der Waals surface area contributed by atoms with Crippen LogP contribution in [0.3, 0.4) is 0 Å². The van der Waals surface area contributed by atoms with Gasteiger partial charge < -0.3 is 16.2 Å². The number of halogens is 1. The van der Waals surface area contributed by atoms with Crippen molar-refractivity contribution in [3.63, 3.8) is 0 Å². The summed E-state index contributed by atoms with van der Waals surface area (Å²) in [5, 5.41) is 11.9. The summed E-state index contributed by atoms with van der Waals surface area (Å²) in [6.45, 7) is 1.37. The molecular formula is C18H15BrN4O3. The highest BCUT2D eigenvalue weighted by molar-refractivity contribution is 9.10. The number of hydrogen-bond acceptors (Lipinski definition) is 4. The number of hydrogen-bond donors (Lipinski definition) is 3. The van der Waals surface area contributed by atoms with Gasteiger partial charge in [0.25, 0.3) is 0 Å². The Kier molecular flexibility index (Phi) is 4.77. The molecule has 1 heterocycles. The second-order valence-electron chi connectivity index (χ2n) is 5.58. The van der Waals surface area contributed by atoms with E-state index in [4.69, 9.17) is 5.73 Å². The van der Waals surface area contributed by atoms with Gasteiger partial charge in [0.2, 0.25) is 11.9 Å². The number of rotatable bonds is 4. The first kappa shape index (κ1) is 17.7. The van der Waals surface area contributed by atoms with E-state index in [1.807, 2.05) is 24.3 Å². The van der Waals surface area contributed by atoms with Gasteiger partial charge in [0.05, 0.1) is 22.6 Å². The van der Waals surface area contributed by atoms with E-state index in [0.717, 1.165) is 10.0 Å². The summed E-state index contributed by atoms with van der Waals surface area (Å²) in [5.74, 6) is -1.18. The van der Waals surface area contributed by atoms with E-state index in [1.54, 1.807) is 10.8 Å². The van der Waals surface area contributed by atoms with Crippen LogP contribution in [0.25, 0.3) is 16.9 Å². The second-order valence-corrected chi connectivity index (χ2v) is 6.50. The Hall–Kier alpha value is -3.13. The Morgan fingerprint density at radius 3 is 2.50 bits per heavy atom. The molecule has 4 N–H and O–H groups in total. The smallest absolute Gasteiger partial charge is 0.335 e. The van der Waals surface area contributed by atoms with Crippen molar-refractivity contribution in [3.05, 3.63) is 58.7 Å². The number of imidazole rings is 1. The molecule has 3 aromatic rings. The van der Waals surface area contributed by atoms with Gasteiger partial charge in [-0.1, -0.05) is 28.1 Å². The van der Waals surface area contributed by atoms with Crippen LogP contribution in [-0.4, -0.2) is 26.5 Å². The van der Waals surface area contributed by atoms with Crippen molar-refractivity contribution >= 4 is 39.4 Å². The van der Waals surface area contributed by atoms with Crippen LogP contribution in [0.5, 0.6) is 0 Å². The first-order chi connectivity index (χ1) is 12.3. The Bertz CT molecular complexity index is 996. The molecule has 0 aliphatic rings. The molecule has 132 valence electrons. The van der Waals surface area contributed by atoms with Crippen LogP contribution in [0.2, 0.25) is 0 Å². The quantitative estimate of drug-likeness (QED) is 0.604. The number of nitrogen functional groups attached to an aromatic ring is 1. The zero-order valence-electron chi connectivity index (χ0n) is 13.7. The second kappa shape index (κ2) is 7.01. The van der Waals surface area contributed by atoms with Gasteiger partial charge in [0.15, 0.2) is 0 Å². The number of carboxylic acids is 1. The molecule has 7 nitrogen and oxygen atoms in total. The Labute approximate surface area is 157 Å². The maximum Gasteiger partial charge on any atom is 0.335 e. The number of anilines is 2. The van der Waals surface area contributed by atoms with Gasteiger partial charge >= 0.3 is 5.97 Å². The molecule has 0 bridgehead atoms. The summed E-state index contributed by atoms with van der Waals surface area (Å²) in [6.07, 6.45) is 1.70. The number of nitrogens with two attached hydrogens (primary N) is 1. The van der Waals surface area contributed by atoms with Gasteiger partial charge in [-0.15, -0.1) is 0 Å². The highest BCUT2D eigenvalue weighted by Crippen LogP contribution is 2.28. The van der Waals surface area contributed by atoms with Crippen LogP contribution in [-0.2, 0) is 4.79 Å². The lowest BCUT2D eigenvalue weighted by atomic mass is 10.1. The van der Waals surface area contributed by atoms with Crippen molar-refractivity contribution in [2.75, 3.05) is 11.1 Å². The molecule has 0 saturated heterocycles. The first-order valence-electron chi connectivity index (χ1n) is 7.61. The molecule has 26 heavy (non-hydrogen) atoms. The van der Waals surface area contributed by atoms with Crippen molar-refractivity contribution in [2.24, 2.45) is 0 Å². The minimum Gasteiger partial charge on any atom is -0.478 e. The van der Waals surface area contributed by atoms with E-state index in [-0.39, 0.29) is 17.4 Å². The van der Waals surface area contributed by atoms with Crippen LogP contribution in [0.1, 0.15) is 17.3 Å². The van der Waals surface area contributed by atoms with Gasteiger partial charge in [-0.25, -0.2) is 9.78 Å². The summed E-state index contributed by atoms with van der Waals surface area (Å²) in [4.78, 5) is 27.1. The van der Waals surface area contributed by atoms with E-state index in [2.05, 4.69) is 26.2 Å². The molecule has 0 spiro atoms. The lowest BCUT2D eigenvalue weighted by Gasteiger charge is -2.12. The maximum atomic E-state index is 11.5. The van der Waals surface area contributed by atoms with Crippen molar-refractivity contribution in [1.29, 1.82) is 0 Å². The molecule has 0 saturated carbocycles. The first-order valence-corrected chi connectivity index (χ1v) is 8.40. The number of carboxylic acid groups (broad SMARTS) is 1. The monoisotopic (exact) mass is 414 g/mol. The summed E-state index contributed by atoms with van der Waals surface area (Å²) in [5.41, 5.74) is 8.47. The Balaban J connectivity index is 2.13. The highest BCUT2D eigenvalue weighted by Gasteiger charge is 2.15. The van der Waals surface area contributed by atoms with Crippen molar-refractivity contribution in [2.45, 2.75) is 6.92 Å². The fraction of sp³-hybridized carbons (Fsp3) is 0.0556. The van der Waals surface area contributed by atoms with Crippen LogP contribution in [0.4, 0.5) is 11.6 Å². The van der Waals surface area contributed by atoms with Gasteiger partial charge in [-0.3, -0.25) is 9.36 Å². The fourth-order valence-electron chi connectivity index (χ4n) is 2.51. The number of carbonyl (C=O) groups excluding carboxylic acids is 1. The summed E-state index contributed by atoms with van der Waals surface area (Å²) in [6, 6.07) is 11.9. The predicted molar refractivity (Wildman–Crippen MR) is 102 cm³/mol. The Morgan fingerprint density at radius 1 is 1.19 bits per heavy atom. The number of amides is 1. The normalized spacial score (nSPS) is 10.5. The molecule has 1 amide bonds. The largest absolute Gasteiger partial charge is 0.478 e. The highest BCUT2D eigenvalue weighted by atomic mass is 79.9. The number of nitrogens with zero attached hydrogens (tertiary/aromatic N) is 2. The molecule has 0 radical (unpaired) electrons. The van der Waals surface area contributed by atoms with Crippen molar-refractivity contribution in [1.82, 2.24) is 9.55 Å². The molecule has 3 rings (SSSR count). The van der Waals surface area contributed by atoms with Crippen molar-refractivity contribution in [3.8, 4) is 16.9 Å². The lowest BCUT2D eigenvalue weighted by molar-refractivity contribution is -0.114. The van der Waals surface area contributed by atoms with E-state index in [1.165, 1.54) is 25.1 Å². The van der Waals surface area contributed by atoms with Gasteiger partial charge in [0.1, 0.15) is 0 Å². The molecule has 0 aliphatic carbocycles. The van der Waals surface area contributed by atoms with E-state index in [9.17, 15) is 14.7 Å². The molecule has 0 fully saturated rings. The third-order valence-electron chi connectivity index (χ3n) is 3.69. The third kappa shape index (κ3) is 3.60. The van der Waals surface area contributed by atoms with E-state index >= 15 is 0 Å². The zero-order chi connectivity index (χ0) is 18.8. The Morgan fingerprint density at radius 2 is 1.88 bits per heavy atom. The SMILES string of the molecule is CC(=O)Nc1ccc(C(=O)O)cc1-n1cc(-c2ccc(Br)cc2)nc1N. The predicted octanol–water partition coefficient (Wildman–Crippen LogP) is 3.54. The average Bonchev–Trinajstić information content (AvgIpc) is 2.97. The topological polar surface area (TPSA) is 110 Å². The summed E-state index contributed by atoms with van der Waals surface area (Å²) >= 11 is 3.38. The van der Waals surface area contributed by atoms with E-state index < -0.39 is 5.97 Å². The molecular weight excluding hydrogens is 400 g/mol. The van der Waals surface area contributed by atoms with Gasteiger partial charge in [0, 0.05) is 23.2 Å². The van der Waals surface area contributed by atoms with Crippen LogP contribution < -0.4 is 11.1 Å². The molecule has 1 aromatic heterocycles. The number of carbonyl (C=O) groups is 2. The summed E-state index contributed by atoms with van der Waals surface area (Å²) < 4.78 is 2.49. The minimum absolute atomic E-state index is 0.0763. The standard InChI is InChI=1S/C18H15BrN4O3/c1-10(24)21-14-7-4-12(17(25)26)8-16(14)23-9-15(22-18(23)20)11-2-5-13(19)6-3-11/h2-9H,1H3,(H2,20,22)(H,21,24)(H,25,26). The van der Waals surface area contributed by atoms with Gasteiger partial charge in [-0.2, -0.15) is 0 Å². The molecule has 0 atom stereocenters. The van der Waals surface area contributed by atoms with Crippen LogP contribution >= 0.6 is 15.9 Å². The van der Waals surface area contributed by atoms with E-state index in [0.29, 0.717) is 17.1 Å². The number of benzene rings is 2. The number of nitrogens with one attached hydrogen (secondary N) is 1. The zero-order valence-corrected chi connectivity index (χ0v) is 15.3. The van der Waals surface area contributed by atoms with Crippen LogP contribution in [0, 0.1) is 0 Å². The third-order valence-corrected chi connectivity index (χ3v) is 4.22. The van der Waals surface area contributed by atoms with Crippen molar-refractivity contribution < 1.29 is 14.7 Å². The lowest BCUT2D eigenvalue weighted by Crippen LogP contribution is -2.11. The van der Waals surface area contributed by atoms with Crippen LogP contribution in [0.15, 0.2) is 53.1 Å². The fourth-order valence-corrected chi connectivity index (χ4v) is 2.77. The average molecular weight is 415 g/mol. The molecule has 8 heteroatoms. The molecule has 0 aliphatic heterocycles. The van der Waals surface area contributed by atoms with Gasteiger partial charge in [-0.05, 0) is 30.3 Å². The molecule has 0 unspecified atom stereocenters. The molecule has 2 aromatic carbocycles. The summed E-state index contributed by atoms with van der Waals surface area (Å²) in [7, 11) is 0.